The van der Waals surface area contributed by atoms with Crippen LogP contribution in [-0.4, -0.2) is 66.4 Å². The summed E-state index contributed by atoms with van der Waals surface area (Å²) in [5.74, 6) is 0.0166. The average molecular weight is 616 g/mol. The van der Waals surface area contributed by atoms with Crippen molar-refractivity contribution in [3.63, 3.8) is 0 Å². The van der Waals surface area contributed by atoms with Crippen LogP contribution in [0.4, 0.5) is 15.5 Å². The summed E-state index contributed by atoms with van der Waals surface area (Å²) in [6.07, 6.45) is 6.77. The predicted octanol–water partition coefficient (Wildman–Crippen LogP) is 3.72. The lowest BCUT2D eigenvalue weighted by Gasteiger charge is -2.46. The highest BCUT2D eigenvalue weighted by Crippen LogP contribution is 2.47. The van der Waals surface area contributed by atoms with Gasteiger partial charge in [-0.15, -0.1) is 0 Å². The van der Waals surface area contributed by atoms with Crippen molar-refractivity contribution < 1.29 is 23.9 Å². The Morgan fingerprint density at radius 3 is 2.30 bits per heavy atom. The zero-order valence-corrected chi connectivity index (χ0v) is 27.1. The largest absolute Gasteiger partial charge is 0.449 e. The first kappa shape index (κ1) is 34.8. The van der Waals surface area contributed by atoms with Crippen LogP contribution in [-0.2, 0) is 20.7 Å². The molecule has 2 fully saturated rings. The van der Waals surface area contributed by atoms with Gasteiger partial charge in [0, 0.05) is 31.1 Å². The normalized spacial score (nSPS) is 27.2. The van der Waals surface area contributed by atoms with Gasteiger partial charge in [-0.25, -0.2) is 24.4 Å². The molecule has 0 aromatic carbocycles. The Bertz CT molecular complexity index is 1320. The van der Waals surface area contributed by atoms with E-state index in [0.717, 1.165) is 38.5 Å². The molecule has 244 valence electrons. The number of H-pyrrole nitrogens is 1. The second kappa shape index (κ2) is 13.9. The molecule has 3 rings (SSSR count). The number of amides is 4. The number of nitrogens with zero attached hydrogens (tertiary/aromatic N) is 2. The molecule has 0 aliphatic heterocycles. The standard InChI is InChI=1S/C31H49N7O6/c1-20-23(8-9-44-27(43)33-17-31(7)13-22(35-19-40)11-29(4,5)15-31)24(41)37-25(36-20)38-26(42)32-16-30(6)12-21(34-18-39)10-28(2,3)14-30/h18,21-22H,8-17H2,1-7H3,(H,33,43)(H,34,39)(H3,32,36,37,38,41,42). The van der Waals surface area contributed by atoms with Gasteiger partial charge in [0.15, 0.2) is 0 Å². The number of nitrogens with one attached hydrogen (secondary N) is 5. The van der Waals surface area contributed by atoms with Crippen molar-refractivity contribution in [3.05, 3.63) is 21.6 Å². The molecule has 0 saturated heterocycles. The number of ether oxygens (including phenoxy) is 1. The Morgan fingerprint density at radius 2 is 1.66 bits per heavy atom. The van der Waals surface area contributed by atoms with Crippen LogP contribution in [0.1, 0.15) is 91.3 Å². The third-order valence-electron chi connectivity index (χ3n) is 8.78. The Hall–Kier alpha value is -3.73. The van der Waals surface area contributed by atoms with E-state index in [0.29, 0.717) is 30.8 Å². The molecule has 13 heteroatoms. The zero-order chi connectivity index (χ0) is 32.8. The number of isocyanates is 1. The summed E-state index contributed by atoms with van der Waals surface area (Å²) in [4.78, 5) is 70.5. The van der Waals surface area contributed by atoms with Gasteiger partial charge in [-0.1, -0.05) is 41.5 Å². The van der Waals surface area contributed by atoms with Crippen molar-refractivity contribution in [1.82, 2.24) is 25.9 Å². The molecule has 0 radical (unpaired) electrons. The Kier molecular flexibility index (Phi) is 11.0. The molecule has 1 aromatic heterocycles. The van der Waals surface area contributed by atoms with Crippen molar-refractivity contribution in [2.75, 3.05) is 25.0 Å². The Balaban J connectivity index is 1.48. The fraction of sp³-hybridized carbons (Fsp3) is 0.742. The summed E-state index contributed by atoms with van der Waals surface area (Å²) >= 11 is 0. The third-order valence-corrected chi connectivity index (χ3v) is 8.78. The molecular formula is C31H49N7O6. The molecule has 13 nitrogen and oxygen atoms in total. The van der Waals surface area contributed by atoms with Gasteiger partial charge in [-0.2, -0.15) is 0 Å². The highest BCUT2D eigenvalue weighted by atomic mass is 16.5. The monoisotopic (exact) mass is 615 g/mol. The third kappa shape index (κ3) is 10.2. The van der Waals surface area contributed by atoms with E-state index in [1.807, 2.05) is 0 Å². The van der Waals surface area contributed by atoms with Crippen LogP contribution in [0.5, 0.6) is 0 Å². The lowest BCUT2D eigenvalue weighted by Crippen LogP contribution is -2.49. The number of aromatic nitrogens is 2. The van der Waals surface area contributed by atoms with Gasteiger partial charge >= 0.3 is 12.1 Å². The van der Waals surface area contributed by atoms with E-state index >= 15 is 0 Å². The molecule has 4 unspecified atom stereocenters. The number of carbonyl (C=O) groups excluding carboxylic acids is 4. The zero-order valence-electron chi connectivity index (χ0n) is 27.1. The summed E-state index contributed by atoms with van der Waals surface area (Å²) in [6.45, 7) is 15.1. The number of hydrogen-bond donors (Lipinski definition) is 5. The molecule has 0 bridgehead atoms. The number of alkyl carbamates (subject to hydrolysis) is 1. The number of carbonyl (C=O) groups is 3. The highest BCUT2D eigenvalue weighted by Gasteiger charge is 2.42. The molecule has 2 aliphatic rings. The summed E-state index contributed by atoms with van der Waals surface area (Å²) in [7, 11) is 0. The van der Waals surface area contributed by atoms with E-state index in [2.05, 4.69) is 77.8 Å². The molecule has 4 amide bonds. The number of aromatic amines is 1. The maximum Gasteiger partial charge on any atom is 0.407 e. The smallest absolute Gasteiger partial charge is 0.407 e. The van der Waals surface area contributed by atoms with Crippen LogP contribution in [0.25, 0.3) is 0 Å². The van der Waals surface area contributed by atoms with Crippen LogP contribution < -0.4 is 26.8 Å². The molecule has 2 saturated carbocycles. The van der Waals surface area contributed by atoms with Gasteiger partial charge in [0.05, 0.1) is 18.3 Å². The van der Waals surface area contributed by atoms with Gasteiger partial charge < -0.3 is 20.7 Å². The summed E-state index contributed by atoms with van der Waals surface area (Å²) < 4.78 is 5.33. The molecule has 2 aliphatic carbocycles. The minimum Gasteiger partial charge on any atom is -0.449 e. The summed E-state index contributed by atoms with van der Waals surface area (Å²) in [5.41, 5.74) is -0.151. The lowest BCUT2D eigenvalue weighted by atomic mass is 9.62. The van der Waals surface area contributed by atoms with E-state index < -0.39 is 17.7 Å². The first-order valence-electron chi connectivity index (χ1n) is 15.3. The SMILES string of the molecule is Cc1nc(NC(=O)NCC2(C)CC(NC=O)CC(C)(C)C2)[nH]c(=O)c1CCOC(=O)NCC1(C)CC(N=C=O)CC(C)(C)C1. The maximum absolute atomic E-state index is 12.8. The van der Waals surface area contributed by atoms with Crippen LogP contribution >= 0.6 is 0 Å². The molecule has 0 spiro atoms. The molecule has 4 atom stereocenters. The fourth-order valence-electron chi connectivity index (χ4n) is 7.85. The average Bonchev–Trinajstić information content (AvgIpc) is 2.86. The number of urea groups is 1. The van der Waals surface area contributed by atoms with Gasteiger partial charge in [0.25, 0.3) is 5.56 Å². The number of aryl methyl sites for hydroxylation is 1. The molecule has 1 aromatic rings. The van der Waals surface area contributed by atoms with Crippen molar-refractivity contribution in [3.8, 4) is 0 Å². The van der Waals surface area contributed by atoms with E-state index in [4.69, 9.17) is 4.74 Å². The van der Waals surface area contributed by atoms with E-state index in [1.165, 1.54) is 0 Å². The lowest BCUT2D eigenvalue weighted by molar-refractivity contribution is -0.111. The van der Waals surface area contributed by atoms with Crippen LogP contribution in [0.15, 0.2) is 9.79 Å². The Labute approximate surface area is 259 Å². The highest BCUT2D eigenvalue weighted by molar-refractivity contribution is 5.87. The van der Waals surface area contributed by atoms with E-state index in [1.54, 1.807) is 13.0 Å². The quantitative estimate of drug-likeness (QED) is 0.143. The van der Waals surface area contributed by atoms with Crippen molar-refractivity contribution in [1.29, 1.82) is 0 Å². The molecular weight excluding hydrogens is 566 g/mol. The Morgan fingerprint density at radius 1 is 1.02 bits per heavy atom. The second-order valence-corrected chi connectivity index (χ2v) is 15.0. The van der Waals surface area contributed by atoms with Crippen LogP contribution in [0, 0.1) is 28.6 Å². The number of anilines is 1. The van der Waals surface area contributed by atoms with Crippen LogP contribution in [0.2, 0.25) is 0 Å². The predicted molar refractivity (Wildman–Crippen MR) is 166 cm³/mol. The number of hydrogen-bond acceptors (Lipinski definition) is 8. The van der Waals surface area contributed by atoms with Crippen molar-refractivity contribution in [2.45, 2.75) is 105 Å². The van der Waals surface area contributed by atoms with E-state index in [-0.39, 0.29) is 52.7 Å². The first-order valence-corrected chi connectivity index (χ1v) is 15.3. The maximum atomic E-state index is 12.8. The molecule has 5 N–H and O–H groups in total. The van der Waals surface area contributed by atoms with E-state index in [9.17, 15) is 24.0 Å². The molecule has 44 heavy (non-hydrogen) atoms. The van der Waals surface area contributed by atoms with Gasteiger partial charge in [0.1, 0.15) is 0 Å². The van der Waals surface area contributed by atoms with Gasteiger partial charge in [0.2, 0.25) is 18.4 Å². The van der Waals surface area contributed by atoms with Crippen molar-refractivity contribution >= 4 is 30.6 Å². The molecule has 1 heterocycles. The summed E-state index contributed by atoms with van der Waals surface area (Å²) in [6, 6.07) is -0.583. The summed E-state index contributed by atoms with van der Waals surface area (Å²) in [5, 5.41) is 11.2. The van der Waals surface area contributed by atoms with Crippen LogP contribution in [0.3, 0.4) is 0 Å². The van der Waals surface area contributed by atoms with Crippen molar-refractivity contribution in [2.24, 2.45) is 26.7 Å². The fourth-order valence-corrected chi connectivity index (χ4v) is 7.85. The van der Waals surface area contributed by atoms with Gasteiger partial charge in [-0.3, -0.25) is 19.9 Å². The van der Waals surface area contributed by atoms with Gasteiger partial charge in [-0.05, 0) is 67.1 Å². The minimum atomic E-state index is -0.592. The minimum absolute atomic E-state index is 0.0115. The number of aliphatic imine (C=N–C) groups is 1. The second-order valence-electron chi connectivity index (χ2n) is 15.0. The number of rotatable bonds is 11. The first-order chi connectivity index (χ1) is 20.5. The topological polar surface area (TPSA) is 184 Å².